The fourth-order valence-corrected chi connectivity index (χ4v) is 2.57. The Bertz CT molecular complexity index is 698. The largest absolute Gasteiger partial charge is 0.492 e. The molecule has 0 aliphatic rings. The second-order valence-corrected chi connectivity index (χ2v) is 5.62. The van der Waals surface area contributed by atoms with Crippen LogP contribution >= 0.6 is 0 Å². The van der Waals surface area contributed by atoms with Crippen molar-refractivity contribution in [1.82, 2.24) is 0 Å². The Morgan fingerprint density at radius 1 is 1.04 bits per heavy atom. The molecule has 5 nitrogen and oxygen atoms in total. The van der Waals surface area contributed by atoms with Crippen molar-refractivity contribution < 1.29 is 14.4 Å². The van der Waals surface area contributed by atoms with Gasteiger partial charge >= 0.3 is 0 Å². The molecule has 25 heavy (non-hydrogen) atoms. The van der Waals surface area contributed by atoms with E-state index in [0.717, 1.165) is 31.9 Å². The van der Waals surface area contributed by atoms with Crippen LogP contribution in [0.1, 0.15) is 30.4 Å². The molecule has 5 heteroatoms. The van der Waals surface area contributed by atoms with Gasteiger partial charge in [0.25, 0.3) is 0 Å². The first kappa shape index (κ1) is 18.5. The summed E-state index contributed by atoms with van der Waals surface area (Å²) in [7, 11) is 1.53. The molecule has 0 unspecified atom stereocenters. The van der Waals surface area contributed by atoms with Crippen LogP contribution in [0.4, 0.5) is 0 Å². The maximum atomic E-state index is 10.5. The molecule has 0 atom stereocenters. The molecular formula is C20H23NO4. The molecular weight excluding hydrogens is 318 g/mol. The van der Waals surface area contributed by atoms with Crippen molar-refractivity contribution in [3.63, 3.8) is 0 Å². The molecule has 0 saturated carbocycles. The lowest BCUT2D eigenvalue weighted by molar-refractivity contribution is -0.400. The SMILES string of the molecule is COc1c(C=C[N+](=O)[O-])cccc1OCCCCCc1ccccc1. The summed E-state index contributed by atoms with van der Waals surface area (Å²) in [6.45, 7) is 0.591. The lowest BCUT2D eigenvalue weighted by atomic mass is 10.1. The maximum Gasteiger partial charge on any atom is 0.235 e. The summed E-state index contributed by atoms with van der Waals surface area (Å²) in [5, 5.41) is 10.5. The Hall–Kier alpha value is -2.82. The van der Waals surface area contributed by atoms with Gasteiger partial charge in [0.05, 0.1) is 18.6 Å². The topological polar surface area (TPSA) is 61.6 Å². The number of unbranched alkanes of at least 4 members (excludes halogenated alkanes) is 2. The molecule has 0 saturated heterocycles. The van der Waals surface area contributed by atoms with Crippen LogP contribution in [0.15, 0.2) is 54.7 Å². The molecule has 0 fully saturated rings. The smallest absolute Gasteiger partial charge is 0.235 e. The number of aryl methyl sites for hydroxylation is 1. The Kier molecular flexibility index (Phi) is 7.50. The number of para-hydroxylation sites is 1. The molecule has 0 aromatic heterocycles. The van der Waals surface area contributed by atoms with Crippen molar-refractivity contribution in [3.05, 3.63) is 76.0 Å². The summed E-state index contributed by atoms with van der Waals surface area (Å²) < 4.78 is 11.1. The molecule has 2 aromatic rings. The number of nitro groups is 1. The van der Waals surface area contributed by atoms with Gasteiger partial charge in [0.2, 0.25) is 6.20 Å². The number of ether oxygens (including phenoxy) is 2. The minimum Gasteiger partial charge on any atom is -0.492 e. The van der Waals surface area contributed by atoms with Crippen molar-refractivity contribution in [3.8, 4) is 11.5 Å². The van der Waals surface area contributed by atoms with Crippen LogP contribution in [0.25, 0.3) is 6.08 Å². The van der Waals surface area contributed by atoms with E-state index in [-0.39, 0.29) is 0 Å². The second kappa shape index (κ2) is 10.1. The second-order valence-electron chi connectivity index (χ2n) is 5.62. The third-order valence-corrected chi connectivity index (χ3v) is 3.80. The highest BCUT2D eigenvalue weighted by Crippen LogP contribution is 2.32. The average molecular weight is 341 g/mol. The molecule has 2 aromatic carbocycles. The Balaban J connectivity index is 1.80. The van der Waals surface area contributed by atoms with Crippen LogP contribution in [-0.2, 0) is 6.42 Å². The predicted octanol–water partition coefficient (Wildman–Crippen LogP) is 4.73. The molecule has 0 N–H and O–H groups in total. The monoisotopic (exact) mass is 341 g/mol. The number of nitrogens with zero attached hydrogens (tertiary/aromatic N) is 1. The van der Waals surface area contributed by atoms with Crippen molar-refractivity contribution in [2.45, 2.75) is 25.7 Å². The number of benzene rings is 2. The number of hydrogen-bond acceptors (Lipinski definition) is 4. The van der Waals surface area contributed by atoms with E-state index in [9.17, 15) is 10.1 Å². The van der Waals surface area contributed by atoms with Gasteiger partial charge in [0.15, 0.2) is 11.5 Å². The van der Waals surface area contributed by atoms with Crippen LogP contribution in [0, 0.1) is 10.1 Å². The molecule has 0 bridgehead atoms. The third-order valence-electron chi connectivity index (χ3n) is 3.80. The van der Waals surface area contributed by atoms with E-state index in [1.54, 1.807) is 12.1 Å². The third kappa shape index (κ3) is 6.30. The zero-order chi connectivity index (χ0) is 17.9. The zero-order valence-electron chi connectivity index (χ0n) is 14.4. The van der Waals surface area contributed by atoms with Crippen LogP contribution in [-0.4, -0.2) is 18.6 Å². The fourth-order valence-electron chi connectivity index (χ4n) is 2.57. The van der Waals surface area contributed by atoms with Crippen molar-refractivity contribution >= 4 is 6.08 Å². The van der Waals surface area contributed by atoms with Crippen molar-refractivity contribution in [1.29, 1.82) is 0 Å². The van der Waals surface area contributed by atoms with E-state index in [1.807, 2.05) is 12.1 Å². The summed E-state index contributed by atoms with van der Waals surface area (Å²) in [6.07, 6.45) is 6.53. The zero-order valence-corrected chi connectivity index (χ0v) is 14.4. The van der Waals surface area contributed by atoms with Crippen LogP contribution in [0.3, 0.4) is 0 Å². The molecule has 132 valence electrons. The van der Waals surface area contributed by atoms with Crippen molar-refractivity contribution in [2.75, 3.05) is 13.7 Å². The van der Waals surface area contributed by atoms with E-state index < -0.39 is 4.92 Å². The first-order valence-electron chi connectivity index (χ1n) is 8.36. The van der Waals surface area contributed by atoms with Gasteiger partial charge in [-0.3, -0.25) is 10.1 Å². The van der Waals surface area contributed by atoms with E-state index >= 15 is 0 Å². The maximum absolute atomic E-state index is 10.5. The average Bonchev–Trinajstić information content (AvgIpc) is 2.63. The highest BCUT2D eigenvalue weighted by molar-refractivity contribution is 5.61. The van der Waals surface area contributed by atoms with Gasteiger partial charge in [0, 0.05) is 11.6 Å². The summed E-state index contributed by atoms with van der Waals surface area (Å²) in [6, 6.07) is 15.8. The van der Waals surface area contributed by atoms with Crippen LogP contribution in [0.2, 0.25) is 0 Å². The van der Waals surface area contributed by atoms with Crippen molar-refractivity contribution in [2.24, 2.45) is 0 Å². The highest BCUT2D eigenvalue weighted by atomic mass is 16.6. The number of methoxy groups -OCH3 is 1. The van der Waals surface area contributed by atoms with Crippen LogP contribution in [0.5, 0.6) is 11.5 Å². The van der Waals surface area contributed by atoms with Gasteiger partial charge in [-0.2, -0.15) is 0 Å². The summed E-state index contributed by atoms with van der Waals surface area (Å²) in [5.41, 5.74) is 1.98. The predicted molar refractivity (Wildman–Crippen MR) is 98.5 cm³/mol. The molecule has 0 aliphatic heterocycles. The Labute approximate surface area is 148 Å². The quantitative estimate of drug-likeness (QED) is 0.356. The van der Waals surface area contributed by atoms with Crippen LogP contribution < -0.4 is 9.47 Å². The minimum atomic E-state index is -0.500. The molecule has 0 radical (unpaired) electrons. The fraction of sp³-hybridized carbons (Fsp3) is 0.300. The minimum absolute atomic E-state index is 0.500. The van der Waals surface area contributed by atoms with Gasteiger partial charge in [0.1, 0.15) is 0 Å². The van der Waals surface area contributed by atoms with Gasteiger partial charge in [-0.1, -0.05) is 42.5 Å². The molecule has 0 heterocycles. The van der Waals surface area contributed by atoms with E-state index in [1.165, 1.54) is 18.7 Å². The normalized spacial score (nSPS) is 10.8. The Morgan fingerprint density at radius 3 is 2.56 bits per heavy atom. The van der Waals surface area contributed by atoms with E-state index in [0.29, 0.717) is 23.7 Å². The van der Waals surface area contributed by atoms with E-state index in [2.05, 4.69) is 24.3 Å². The lowest BCUT2D eigenvalue weighted by Crippen LogP contribution is -2.00. The Morgan fingerprint density at radius 2 is 1.84 bits per heavy atom. The molecule has 2 rings (SSSR count). The van der Waals surface area contributed by atoms with Gasteiger partial charge < -0.3 is 9.47 Å². The molecule has 0 spiro atoms. The van der Waals surface area contributed by atoms with Gasteiger partial charge in [-0.25, -0.2) is 0 Å². The first-order chi connectivity index (χ1) is 12.2. The molecule has 0 aliphatic carbocycles. The summed E-state index contributed by atoms with van der Waals surface area (Å²) in [4.78, 5) is 9.98. The summed E-state index contributed by atoms with van der Waals surface area (Å²) >= 11 is 0. The highest BCUT2D eigenvalue weighted by Gasteiger charge is 2.09. The number of rotatable bonds is 10. The standard InChI is InChI=1S/C20H23NO4/c1-24-20-18(14-15-21(22)23)12-8-13-19(20)25-16-7-3-6-11-17-9-4-2-5-10-17/h2,4-5,8-10,12-15H,3,6-7,11,16H2,1H3. The van der Waals surface area contributed by atoms with Gasteiger partial charge in [-0.15, -0.1) is 0 Å². The number of hydrogen-bond donors (Lipinski definition) is 0. The van der Waals surface area contributed by atoms with E-state index in [4.69, 9.17) is 9.47 Å². The first-order valence-corrected chi connectivity index (χ1v) is 8.36. The summed E-state index contributed by atoms with van der Waals surface area (Å²) in [5.74, 6) is 1.13. The molecule has 0 amide bonds. The van der Waals surface area contributed by atoms with Gasteiger partial charge in [-0.05, 0) is 37.3 Å². The lowest BCUT2D eigenvalue weighted by Gasteiger charge is -2.12.